The van der Waals surface area contributed by atoms with Crippen LogP contribution < -0.4 is 9.62 Å². The third-order valence-corrected chi connectivity index (χ3v) is 8.44. The van der Waals surface area contributed by atoms with Crippen molar-refractivity contribution in [3.8, 4) is 0 Å². The number of amides is 2. The van der Waals surface area contributed by atoms with E-state index in [4.69, 9.17) is 23.2 Å². The van der Waals surface area contributed by atoms with E-state index in [0.717, 1.165) is 16.1 Å². The van der Waals surface area contributed by atoms with Crippen molar-refractivity contribution < 1.29 is 18.0 Å². The number of para-hydroxylation sites is 1. The Morgan fingerprint density at radius 2 is 1.55 bits per heavy atom. The summed E-state index contributed by atoms with van der Waals surface area (Å²) in [5.74, 6) is -0.922. The minimum absolute atomic E-state index is 0.00164. The number of anilines is 1. The summed E-state index contributed by atoms with van der Waals surface area (Å²) in [6, 6.07) is 20.1. The van der Waals surface area contributed by atoms with Crippen LogP contribution in [-0.4, -0.2) is 49.5 Å². The van der Waals surface area contributed by atoms with Crippen LogP contribution in [0, 0.1) is 0 Å². The second kappa shape index (κ2) is 13.4. The molecule has 0 bridgehead atoms. The average molecular weight is 669 g/mol. The highest BCUT2D eigenvalue weighted by molar-refractivity contribution is 9.10. The quantitative estimate of drug-likeness (QED) is 0.284. The molecule has 0 aliphatic rings. The minimum Gasteiger partial charge on any atom is -0.350 e. The molecule has 40 heavy (non-hydrogen) atoms. The standard InChI is InChI=1S/C29H32BrCl2N3O4S/c1-29(2,3)33-28(37)26(17-20-10-6-5-7-11-20)34(18-21-14-15-23(31)24(32)16-21)27(36)19-35(40(4,38)39)25-13-9-8-12-22(25)30/h5-16,26H,17-19H2,1-4H3,(H,33,37)/t26-/m0/s1. The van der Waals surface area contributed by atoms with Gasteiger partial charge in [-0.1, -0.05) is 71.7 Å². The van der Waals surface area contributed by atoms with E-state index in [1.165, 1.54) is 4.90 Å². The molecule has 3 rings (SSSR count). The van der Waals surface area contributed by atoms with Crippen LogP contribution in [0.1, 0.15) is 31.9 Å². The summed E-state index contributed by atoms with van der Waals surface area (Å²) in [5.41, 5.74) is 1.22. The first-order valence-electron chi connectivity index (χ1n) is 12.5. The summed E-state index contributed by atoms with van der Waals surface area (Å²) >= 11 is 15.8. The van der Waals surface area contributed by atoms with Crippen molar-refractivity contribution in [2.75, 3.05) is 17.1 Å². The van der Waals surface area contributed by atoms with E-state index in [0.29, 0.717) is 25.8 Å². The largest absolute Gasteiger partial charge is 0.350 e. The molecule has 0 unspecified atom stereocenters. The fourth-order valence-electron chi connectivity index (χ4n) is 4.09. The molecule has 0 aromatic heterocycles. The minimum atomic E-state index is -3.87. The lowest BCUT2D eigenvalue weighted by Gasteiger charge is -2.35. The lowest BCUT2D eigenvalue weighted by Crippen LogP contribution is -2.56. The van der Waals surface area contributed by atoms with Crippen molar-refractivity contribution in [3.63, 3.8) is 0 Å². The van der Waals surface area contributed by atoms with Gasteiger partial charge in [-0.05, 0) is 72.1 Å². The maximum Gasteiger partial charge on any atom is 0.244 e. The van der Waals surface area contributed by atoms with Gasteiger partial charge in [0.1, 0.15) is 12.6 Å². The molecular weight excluding hydrogens is 637 g/mol. The SMILES string of the molecule is CC(C)(C)NC(=O)[C@H](Cc1ccccc1)N(Cc1ccc(Cl)c(Cl)c1)C(=O)CN(c1ccccc1Br)S(C)(=O)=O. The van der Waals surface area contributed by atoms with Crippen LogP contribution in [0.25, 0.3) is 0 Å². The molecule has 2 amide bonds. The van der Waals surface area contributed by atoms with Crippen molar-refractivity contribution in [1.82, 2.24) is 10.2 Å². The highest BCUT2D eigenvalue weighted by atomic mass is 79.9. The molecule has 1 atom stereocenters. The monoisotopic (exact) mass is 667 g/mol. The zero-order valence-electron chi connectivity index (χ0n) is 22.7. The van der Waals surface area contributed by atoms with E-state index in [1.54, 1.807) is 42.5 Å². The number of benzene rings is 3. The van der Waals surface area contributed by atoms with Gasteiger partial charge in [0.15, 0.2) is 0 Å². The second-order valence-corrected chi connectivity index (χ2v) is 14.0. The Bertz CT molecular complexity index is 1460. The van der Waals surface area contributed by atoms with Crippen LogP contribution in [0.3, 0.4) is 0 Å². The lowest BCUT2D eigenvalue weighted by atomic mass is 10.0. The number of carbonyl (C=O) groups is 2. The van der Waals surface area contributed by atoms with Gasteiger partial charge in [0.05, 0.1) is 22.0 Å². The van der Waals surface area contributed by atoms with Crippen molar-refractivity contribution in [2.45, 2.75) is 45.3 Å². The first-order chi connectivity index (χ1) is 18.7. The Hall–Kier alpha value is -2.59. The number of hydrogen-bond acceptors (Lipinski definition) is 4. The van der Waals surface area contributed by atoms with Gasteiger partial charge in [-0.3, -0.25) is 13.9 Å². The van der Waals surface area contributed by atoms with Crippen molar-refractivity contribution in [1.29, 1.82) is 0 Å². The molecule has 0 spiro atoms. The number of rotatable bonds is 10. The molecule has 214 valence electrons. The van der Waals surface area contributed by atoms with Crippen LogP contribution in [0.4, 0.5) is 5.69 Å². The maximum absolute atomic E-state index is 14.1. The first-order valence-corrected chi connectivity index (χ1v) is 15.9. The molecule has 0 aliphatic heterocycles. The Balaban J connectivity index is 2.10. The molecular formula is C29H32BrCl2N3O4S. The van der Waals surface area contributed by atoms with E-state index in [1.807, 2.05) is 51.1 Å². The van der Waals surface area contributed by atoms with E-state index >= 15 is 0 Å². The van der Waals surface area contributed by atoms with E-state index < -0.39 is 34.1 Å². The van der Waals surface area contributed by atoms with Crippen LogP contribution >= 0.6 is 39.1 Å². The Morgan fingerprint density at radius 3 is 2.12 bits per heavy atom. The van der Waals surface area contributed by atoms with Gasteiger partial charge in [0, 0.05) is 23.0 Å². The highest BCUT2D eigenvalue weighted by Crippen LogP contribution is 2.29. The summed E-state index contributed by atoms with van der Waals surface area (Å²) in [6.45, 7) is 5.05. The van der Waals surface area contributed by atoms with Gasteiger partial charge in [0.2, 0.25) is 21.8 Å². The zero-order valence-corrected chi connectivity index (χ0v) is 26.6. The molecule has 0 radical (unpaired) electrons. The van der Waals surface area contributed by atoms with Crippen molar-refractivity contribution >= 4 is 66.7 Å². The van der Waals surface area contributed by atoms with Crippen LogP contribution in [0.2, 0.25) is 10.0 Å². The number of nitrogens with one attached hydrogen (secondary N) is 1. The van der Waals surface area contributed by atoms with Crippen LogP contribution in [0.5, 0.6) is 0 Å². The summed E-state index contributed by atoms with van der Waals surface area (Å²) < 4.78 is 27.3. The molecule has 3 aromatic rings. The predicted molar refractivity (Wildman–Crippen MR) is 165 cm³/mol. The van der Waals surface area contributed by atoms with Gasteiger partial charge in [0.25, 0.3) is 0 Å². The maximum atomic E-state index is 14.1. The lowest BCUT2D eigenvalue weighted by molar-refractivity contribution is -0.140. The number of halogens is 3. The Kier molecular flexibility index (Phi) is 10.7. The molecule has 7 nitrogen and oxygen atoms in total. The topological polar surface area (TPSA) is 86.8 Å². The Labute approximate surface area is 254 Å². The summed E-state index contributed by atoms with van der Waals surface area (Å²) in [7, 11) is -3.87. The van der Waals surface area contributed by atoms with Crippen molar-refractivity contribution in [3.05, 3.63) is 98.4 Å². The van der Waals surface area contributed by atoms with E-state index in [9.17, 15) is 18.0 Å². The fourth-order valence-corrected chi connectivity index (χ4v) is 5.89. The third-order valence-electron chi connectivity index (χ3n) is 5.91. The predicted octanol–water partition coefficient (Wildman–Crippen LogP) is 6.08. The summed E-state index contributed by atoms with van der Waals surface area (Å²) in [4.78, 5) is 29.2. The van der Waals surface area contributed by atoms with E-state index in [2.05, 4.69) is 21.2 Å². The fraction of sp³-hybridized carbons (Fsp3) is 0.310. The second-order valence-electron chi connectivity index (χ2n) is 10.4. The molecule has 3 aromatic carbocycles. The molecule has 1 N–H and O–H groups in total. The summed E-state index contributed by atoms with van der Waals surface area (Å²) in [6.07, 6.45) is 1.25. The number of hydrogen-bond donors (Lipinski definition) is 1. The zero-order chi connectivity index (χ0) is 29.7. The van der Waals surface area contributed by atoms with Gasteiger partial charge >= 0.3 is 0 Å². The number of carbonyl (C=O) groups excluding carboxylic acids is 2. The molecule has 0 saturated heterocycles. The van der Waals surface area contributed by atoms with Gasteiger partial charge in [-0.15, -0.1) is 0 Å². The molecule has 0 saturated carbocycles. The number of nitrogens with zero attached hydrogens (tertiary/aromatic N) is 2. The van der Waals surface area contributed by atoms with Crippen molar-refractivity contribution in [2.24, 2.45) is 0 Å². The highest BCUT2D eigenvalue weighted by Gasteiger charge is 2.34. The van der Waals surface area contributed by atoms with Gasteiger partial charge in [-0.2, -0.15) is 0 Å². The average Bonchev–Trinajstić information content (AvgIpc) is 2.86. The molecule has 0 heterocycles. The Morgan fingerprint density at radius 1 is 0.925 bits per heavy atom. The molecule has 0 aliphatic carbocycles. The van der Waals surface area contributed by atoms with Gasteiger partial charge in [-0.25, -0.2) is 8.42 Å². The molecule has 11 heteroatoms. The smallest absolute Gasteiger partial charge is 0.244 e. The number of sulfonamides is 1. The van der Waals surface area contributed by atoms with E-state index in [-0.39, 0.29) is 18.9 Å². The molecule has 0 fully saturated rings. The first kappa shape index (κ1) is 31.9. The summed E-state index contributed by atoms with van der Waals surface area (Å²) in [5, 5.41) is 3.64. The van der Waals surface area contributed by atoms with Crippen LogP contribution in [0.15, 0.2) is 77.3 Å². The van der Waals surface area contributed by atoms with Crippen LogP contribution in [-0.2, 0) is 32.6 Å². The normalized spacial score (nSPS) is 12.5. The third kappa shape index (κ3) is 8.96. The van der Waals surface area contributed by atoms with Gasteiger partial charge < -0.3 is 10.2 Å².